The number of hydrogen-bond donors (Lipinski definition) is 1. The Bertz CT molecular complexity index is 552. The second-order valence-corrected chi connectivity index (χ2v) is 7.55. The summed E-state index contributed by atoms with van der Waals surface area (Å²) in [5.74, 6) is 0.220. The van der Waals surface area contributed by atoms with Crippen molar-refractivity contribution in [2.45, 2.75) is 31.7 Å². The number of piperazine rings is 1. The van der Waals surface area contributed by atoms with E-state index in [0.29, 0.717) is 11.1 Å². The number of nitrogens with zero attached hydrogens (tertiary/aromatic N) is 2. The Morgan fingerprint density at radius 1 is 1.17 bits per heavy atom. The third kappa shape index (κ3) is 3.54. The average molecular weight is 336 g/mol. The van der Waals surface area contributed by atoms with Gasteiger partial charge in [-0.25, -0.2) is 0 Å². The predicted octanol–water partition coefficient (Wildman–Crippen LogP) is 2.12. The molecule has 2 aliphatic heterocycles. The maximum absolute atomic E-state index is 13.0. The summed E-state index contributed by atoms with van der Waals surface area (Å²) in [4.78, 5) is 17.6. The van der Waals surface area contributed by atoms with Crippen LogP contribution in [0.15, 0.2) is 24.3 Å². The Morgan fingerprint density at radius 2 is 1.83 bits per heavy atom. The summed E-state index contributed by atoms with van der Waals surface area (Å²) in [7, 11) is 0. The van der Waals surface area contributed by atoms with E-state index in [1.165, 1.54) is 0 Å². The summed E-state index contributed by atoms with van der Waals surface area (Å²) in [6, 6.07) is 8.16. The Labute approximate surface area is 143 Å². The quantitative estimate of drug-likeness (QED) is 0.919. The van der Waals surface area contributed by atoms with Gasteiger partial charge < -0.3 is 10.2 Å². The summed E-state index contributed by atoms with van der Waals surface area (Å²) in [5.41, 5.74) is 0.515. The normalized spacial score (nSPS) is 23.3. The van der Waals surface area contributed by atoms with Crippen molar-refractivity contribution in [2.24, 2.45) is 0 Å². The molecule has 126 valence electrons. The lowest BCUT2D eigenvalue weighted by atomic mass is 9.83. The highest BCUT2D eigenvalue weighted by atomic mass is 35.5. The smallest absolute Gasteiger partial charge is 0.232 e. The first-order valence-corrected chi connectivity index (χ1v) is 8.86. The number of nitrogens with one attached hydrogen (secondary N) is 1. The zero-order valence-electron chi connectivity index (χ0n) is 14.0. The topological polar surface area (TPSA) is 35.6 Å². The minimum absolute atomic E-state index is 0.220. The highest BCUT2D eigenvalue weighted by Crippen LogP contribution is 2.29. The fourth-order valence-corrected chi connectivity index (χ4v) is 3.78. The number of rotatable bonds is 3. The zero-order chi connectivity index (χ0) is 16.4. The van der Waals surface area contributed by atoms with Crippen LogP contribution in [0.1, 0.15) is 25.8 Å². The lowest BCUT2D eigenvalue weighted by Crippen LogP contribution is -2.50. The van der Waals surface area contributed by atoms with E-state index in [4.69, 9.17) is 11.6 Å². The Morgan fingerprint density at radius 3 is 2.48 bits per heavy atom. The molecule has 0 aromatic heterocycles. The molecule has 0 radical (unpaired) electrons. The first-order valence-electron chi connectivity index (χ1n) is 8.48. The van der Waals surface area contributed by atoms with E-state index in [1.54, 1.807) is 0 Å². The number of amides is 1. The fraction of sp³-hybridized carbons (Fsp3) is 0.611. The largest absolute Gasteiger partial charge is 0.340 e. The molecule has 3 rings (SSSR count). The van der Waals surface area contributed by atoms with E-state index in [9.17, 15) is 4.79 Å². The van der Waals surface area contributed by atoms with Crippen LogP contribution in [-0.2, 0) is 10.2 Å². The van der Waals surface area contributed by atoms with E-state index < -0.39 is 5.41 Å². The molecule has 0 bridgehead atoms. The molecule has 2 aliphatic rings. The van der Waals surface area contributed by atoms with Gasteiger partial charge in [-0.15, -0.1) is 0 Å². The predicted molar refractivity (Wildman–Crippen MR) is 93.9 cm³/mol. The zero-order valence-corrected chi connectivity index (χ0v) is 14.8. The number of carbonyl (C=O) groups is 1. The SMILES string of the molecule is CC(C)(C(=O)N1CCC(N2CCNCC2)C1)c1ccc(Cl)cc1. The summed E-state index contributed by atoms with van der Waals surface area (Å²) in [6.07, 6.45) is 1.09. The van der Waals surface area contributed by atoms with Crippen LogP contribution < -0.4 is 5.32 Å². The monoisotopic (exact) mass is 335 g/mol. The van der Waals surface area contributed by atoms with Crippen molar-refractivity contribution in [3.63, 3.8) is 0 Å². The van der Waals surface area contributed by atoms with Crippen LogP contribution in [0.3, 0.4) is 0 Å². The van der Waals surface area contributed by atoms with Crippen LogP contribution in [0, 0.1) is 0 Å². The molecule has 23 heavy (non-hydrogen) atoms. The summed E-state index contributed by atoms with van der Waals surface area (Å²) < 4.78 is 0. The minimum Gasteiger partial charge on any atom is -0.340 e. The standard InChI is InChI=1S/C18H26ClN3O/c1-18(2,14-3-5-15(19)6-4-14)17(23)22-10-7-16(13-22)21-11-8-20-9-12-21/h3-6,16,20H,7-13H2,1-2H3. The van der Waals surface area contributed by atoms with Crippen molar-refractivity contribution >= 4 is 17.5 Å². The van der Waals surface area contributed by atoms with Gasteiger partial charge in [-0.05, 0) is 38.0 Å². The van der Waals surface area contributed by atoms with E-state index in [-0.39, 0.29) is 5.91 Å². The molecule has 1 atom stereocenters. The van der Waals surface area contributed by atoms with Crippen LogP contribution >= 0.6 is 11.6 Å². The molecule has 5 heteroatoms. The average Bonchev–Trinajstić information content (AvgIpc) is 3.05. The Balaban J connectivity index is 1.66. The van der Waals surface area contributed by atoms with Gasteiger partial charge in [-0.1, -0.05) is 23.7 Å². The highest BCUT2D eigenvalue weighted by molar-refractivity contribution is 6.30. The maximum atomic E-state index is 13.0. The molecule has 0 spiro atoms. The molecule has 2 fully saturated rings. The molecular weight excluding hydrogens is 310 g/mol. The molecule has 0 saturated carbocycles. The number of halogens is 1. The van der Waals surface area contributed by atoms with Gasteiger partial charge in [0.2, 0.25) is 5.91 Å². The second kappa shape index (κ2) is 6.80. The highest BCUT2D eigenvalue weighted by Gasteiger charge is 2.38. The van der Waals surface area contributed by atoms with Crippen molar-refractivity contribution in [2.75, 3.05) is 39.3 Å². The molecule has 0 aliphatic carbocycles. The van der Waals surface area contributed by atoms with E-state index in [0.717, 1.165) is 51.3 Å². The Hall–Kier alpha value is -1.10. The molecule has 2 saturated heterocycles. The van der Waals surface area contributed by atoms with Crippen molar-refractivity contribution in [1.82, 2.24) is 15.1 Å². The van der Waals surface area contributed by atoms with E-state index in [1.807, 2.05) is 43.0 Å². The van der Waals surface area contributed by atoms with Gasteiger partial charge in [-0.2, -0.15) is 0 Å². The molecular formula is C18H26ClN3O. The first-order chi connectivity index (χ1) is 11.0. The second-order valence-electron chi connectivity index (χ2n) is 7.11. The van der Waals surface area contributed by atoms with E-state index >= 15 is 0 Å². The number of likely N-dealkylation sites (tertiary alicyclic amines) is 1. The maximum Gasteiger partial charge on any atom is 0.232 e. The van der Waals surface area contributed by atoms with Crippen molar-refractivity contribution < 1.29 is 4.79 Å². The van der Waals surface area contributed by atoms with E-state index in [2.05, 4.69) is 10.2 Å². The molecule has 1 unspecified atom stereocenters. The van der Waals surface area contributed by atoms with Gasteiger partial charge in [0, 0.05) is 50.3 Å². The van der Waals surface area contributed by atoms with Gasteiger partial charge in [0.1, 0.15) is 0 Å². The molecule has 4 nitrogen and oxygen atoms in total. The van der Waals surface area contributed by atoms with Gasteiger partial charge in [0.25, 0.3) is 0 Å². The fourth-order valence-electron chi connectivity index (χ4n) is 3.66. The molecule has 1 aromatic carbocycles. The van der Waals surface area contributed by atoms with Crippen molar-refractivity contribution in [3.05, 3.63) is 34.9 Å². The summed E-state index contributed by atoms with van der Waals surface area (Å²) >= 11 is 5.97. The lowest BCUT2D eigenvalue weighted by molar-refractivity contribution is -0.135. The molecule has 1 aromatic rings. The number of hydrogen-bond acceptors (Lipinski definition) is 3. The van der Waals surface area contributed by atoms with Crippen LogP contribution in [0.2, 0.25) is 5.02 Å². The van der Waals surface area contributed by atoms with Gasteiger partial charge in [0.05, 0.1) is 5.41 Å². The Kier molecular flexibility index (Phi) is 4.95. The lowest BCUT2D eigenvalue weighted by Gasteiger charge is -2.34. The molecule has 2 heterocycles. The van der Waals surface area contributed by atoms with Crippen LogP contribution in [-0.4, -0.2) is 61.0 Å². The van der Waals surface area contributed by atoms with Crippen LogP contribution in [0.25, 0.3) is 0 Å². The minimum atomic E-state index is -0.511. The number of benzene rings is 1. The third-order valence-corrected chi connectivity index (χ3v) is 5.47. The molecule has 1 amide bonds. The van der Waals surface area contributed by atoms with Crippen LogP contribution in [0.4, 0.5) is 0 Å². The molecule has 1 N–H and O–H groups in total. The van der Waals surface area contributed by atoms with Crippen LogP contribution in [0.5, 0.6) is 0 Å². The van der Waals surface area contributed by atoms with Gasteiger partial charge in [0.15, 0.2) is 0 Å². The first kappa shape index (κ1) is 16.7. The summed E-state index contributed by atoms with van der Waals surface area (Å²) in [6.45, 7) is 10.0. The van der Waals surface area contributed by atoms with Crippen molar-refractivity contribution in [3.8, 4) is 0 Å². The van der Waals surface area contributed by atoms with Crippen molar-refractivity contribution in [1.29, 1.82) is 0 Å². The third-order valence-electron chi connectivity index (χ3n) is 5.22. The van der Waals surface area contributed by atoms with Gasteiger partial charge in [-0.3, -0.25) is 9.69 Å². The number of carbonyl (C=O) groups excluding carboxylic acids is 1. The summed E-state index contributed by atoms with van der Waals surface area (Å²) in [5, 5.41) is 4.09. The van der Waals surface area contributed by atoms with Gasteiger partial charge >= 0.3 is 0 Å².